The first-order valence-corrected chi connectivity index (χ1v) is 10.0. The maximum Gasteiger partial charge on any atom is 0.267 e. The van der Waals surface area contributed by atoms with Crippen molar-refractivity contribution in [2.45, 2.75) is 30.7 Å². The Morgan fingerprint density at radius 2 is 1.54 bits per heavy atom. The third kappa shape index (κ3) is 4.04. The van der Waals surface area contributed by atoms with Crippen LogP contribution >= 0.6 is 0 Å². The lowest BCUT2D eigenvalue weighted by atomic mass is 10.2. The molecule has 3 amide bonds. The highest BCUT2D eigenvalue weighted by molar-refractivity contribution is 7.89. The standard InChI is InChI=1S/C19H19N3O5S/c1-13(23)20-14-7-9-15(10-8-14)21-19(25)17-11-12-18(24)22(17)28(26,27)16-5-3-2-4-6-16/h2-10,17H,11-12H2,1H3,(H,20,23)(H,21,25). The van der Waals surface area contributed by atoms with Crippen molar-refractivity contribution in [1.82, 2.24) is 4.31 Å². The number of hydrogen-bond donors (Lipinski definition) is 2. The fourth-order valence-electron chi connectivity index (χ4n) is 2.97. The van der Waals surface area contributed by atoms with Crippen molar-refractivity contribution in [2.24, 2.45) is 0 Å². The molecule has 9 heteroatoms. The Balaban J connectivity index is 1.79. The highest BCUT2D eigenvalue weighted by atomic mass is 32.2. The molecule has 2 aromatic carbocycles. The minimum atomic E-state index is -4.12. The largest absolute Gasteiger partial charge is 0.326 e. The van der Waals surface area contributed by atoms with Gasteiger partial charge in [-0.2, -0.15) is 0 Å². The molecule has 0 aliphatic carbocycles. The van der Waals surface area contributed by atoms with E-state index >= 15 is 0 Å². The second-order valence-corrected chi connectivity index (χ2v) is 8.12. The van der Waals surface area contributed by atoms with Gasteiger partial charge in [-0.25, -0.2) is 12.7 Å². The zero-order valence-corrected chi connectivity index (χ0v) is 15.9. The number of carbonyl (C=O) groups is 3. The molecular formula is C19H19N3O5S. The monoisotopic (exact) mass is 401 g/mol. The lowest BCUT2D eigenvalue weighted by Crippen LogP contribution is -2.45. The second kappa shape index (κ2) is 7.81. The van der Waals surface area contributed by atoms with Gasteiger partial charge in [-0.05, 0) is 42.8 Å². The number of anilines is 2. The predicted molar refractivity (Wildman–Crippen MR) is 103 cm³/mol. The summed E-state index contributed by atoms with van der Waals surface area (Å²) in [5.41, 5.74) is 0.991. The Morgan fingerprint density at radius 3 is 2.11 bits per heavy atom. The number of nitrogens with zero attached hydrogens (tertiary/aromatic N) is 1. The zero-order chi connectivity index (χ0) is 20.3. The molecule has 1 saturated heterocycles. The van der Waals surface area contributed by atoms with Gasteiger partial charge < -0.3 is 10.6 Å². The van der Waals surface area contributed by atoms with Crippen LogP contribution in [0.2, 0.25) is 0 Å². The maximum atomic E-state index is 12.8. The molecule has 28 heavy (non-hydrogen) atoms. The first-order chi connectivity index (χ1) is 13.3. The van der Waals surface area contributed by atoms with Crippen LogP contribution in [0.3, 0.4) is 0 Å². The van der Waals surface area contributed by atoms with Crippen LogP contribution in [0.15, 0.2) is 59.5 Å². The minimum absolute atomic E-state index is 0.0222. The molecule has 1 aliphatic rings. The van der Waals surface area contributed by atoms with Crippen LogP contribution in [-0.4, -0.2) is 36.5 Å². The van der Waals surface area contributed by atoms with Gasteiger partial charge >= 0.3 is 0 Å². The van der Waals surface area contributed by atoms with Gasteiger partial charge in [0.15, 0.2) is 0 Å². The number of nitrogens with one attached hydrogen (secondary N) is 2. The van der Waals surface area contributed by atoms with E-state index in [4.69, 9.17) is 0 Å². The summed E-state index contributed by atoms with van der Waals surface area (Å²) < 4.78 is 26.4. The van der Waals surface area contributed by atoms with Crippen molar-refractivity contribution in [1.29, 1.82) is 0 Å². The fraction of sp³-hybridized carbons (Fsp3) is 0.211. The summed E-state index contributed by atoms with van der Waals surface area (Å²) in [5.74, 6) is -1.41. The molecule has 0 bridgehead atoms. The number of amides is 3. The normalized spacial score (nSPS) is 16.7. The van der Waals surface area contributed by atoms with E-state index in [-0.39, 0.29) is 23.6 Å². The van der Waals surface area contributed by atoms with Gasteiger partial charge in [-0.3, -0.25) is 14.4 Å². The van der Waals surface area contributed by atoms with Crippen molar-refractivity contribution in [2.75, 3.05) is 10.6 Å². The van der Waals surface area contributed by atoms with Gasteiger partial charge in [0.1, 0.15) is 6.04 Å². The summed E-state index contributed by atoms with van der Waals surface area (Å²) in [4.78, 5) is 35.9. The molecular weight excluding hydrogens is 382 g/mol. The number of rotatable bonds is 5. The van der Waals surface area contributed by atoms with Crippen LogP contribution in [0.25, 0.3) is 0 Å². The second-order valence-electron chi connectivity index (χ2n) is 6.31. The van der Waals surface area contributed by atoms with Gasteiger partial charge in [0, 0.05) is 24.7 Å². The maximum absolute atomic E-state index is 12.8. The summed E-state index contributed by atoms with van der Waals surface area (Å²) in [7, 11) is -4.12. The molecule has 1 heterocycles. The fourth-order valence-corrected chi connectivity index (χ4v) is 4.60. The Hall–Kier alpha value is -3.20. The molecule has 146 valence electrons. The van der Waals surface area contributed by atoms with Crippen molar-refractivity contribution in [3.05, 3.63) is 54.6 Å². The van der Waals surface area contributed by atoms with Crippen LogP contribution in [0.1, 0.15) is 19.8 Å². The average molecular weight is 401 g/mol. The van der Waals surface area contributed by atoms with Crippen molar-refractivity contribution in [3.63, 3.8) is 0 Å². The van der Waals surface area contributed by atoms with Crippen LogP contribution in [0.5, 0.6) is 0 Å². The SMILES string of the molecule is CC(=O)Nc1ccc(NC(=O)C2CCC(=O)N2S(=O)(=O)c2ccccc2)cc1. The quantitative estimate of drug-likeness (QED) is 0.795. The van der Waals surface area contributed by atoms with Crippen LogP contribution in [-0.2, 0) is 24.4 Å². The van der Waals surface area contributed by atoms with Crippen LogP contribution in [0.4, 0.5) is 11.4 Å². The minimum Gasteiger partial charge on any atom is -0.326 e. The summed E-state index contributed by atoms with van der Waals surface area (Å²) in [6.07, 6.45) is 0.0896. The molecule has 0 spiro atoms. The van der Waals surface area contributed by atoms with Gasteiger partial charge in [0.2, 0.25) is 17.7 Å². The van der Waals surface area contributed by atoms with Crippen LogP contribution < -0.4 is 10.6 Å². The van der Waals surface area contributed by atoms with E-state index in [1.807, 2.05) is 0 Å². The number of carbonyl (C=O) groups excluding carboxylic acids is 3. The summed E-state index contributed by atoms with van der Waals surface area (Å²) in [6, 6.07) is 12.8. The van der Waals surface area contributed by atoms with E-state index in [1.165, 1.54) is 19.1 Å². The summed E-state index contributed by atoms with van der Waals surface area (Å²) in [5, 5.41) is 5.24. The lowest BCUT2D eigenvalue weighted by molar-refractivity contribution is -0.128. The Morgan fingerprint density at radius 1 is 0.964 bits per heavy atom. The number of hydrogen-bond acceptors (Lipinski definition) is 5. The lowest BCUT2D eigenvalue weighted by Gasteiger charge is -2.23. The van der Waals surface area contributed by atoms with E-state index in [0.29, 0.717) is 15.7 Å². The van der Waals surface area contributed by atoms with Gasteiger partial charge in [0.05, 0.1) is 4.90 Å². The van der Waals surface area contributed by atoms with E-state index in [2.05, 4.69) is 10.6 Å². The summed E-state index contributed by atoms with van der Waals surface area (Å²) in [6.45, 7) is 1.38. The first kappa shape index (κ1) is 19.6. The average Bonchev–Trinajstić information content (AvgIpc) is 3.06. The molecule has 1 unspecified atom stereocenters. The zero-order valence-electron chi connectivity index (χ0n) is 15.1. The third-order valence-electron chi connectivity index (χ3n) is 4.24. The first-order valence-electron chi connectivity index (χ1n) is 8.60. The highest BCUT2D eigenvalue weighted by Gasteiger charge is 2.44. The summed E-state index contributed by atoms with van der Waals surface area (Å²) >= 11 is 0. The number of benzene rings is 2. The molecule has 3 rings (SSSR count). The Kier molecular flexibility index (Phi) is 5.46. The van der Waals surface area contributed by atoms with Crippen molar-refractivity contribution in [3.8, 4) is 0 Å². The molecule has 0 radical (unpaired) electrons. The number of sulfonamides is 1. The molecule has 1 fully saturated rings. The van der Waals surface area contributed by atoms with Gasteiger partial charge in [-0.15, -0.1) is 0 Å². The molecule has 2 N–H and O–H groups in total. The van der Waals surface area contributed by atoms with Crippen molar-refractivity contribution >= 4 is 39.1 Å². The smallest absolute Gasteiger partial charge is 0.267 e. The van der Waals surface area contributed by atoms with Gasteiger partial charge in [-0.1, -0.05) is 18.2 Å². The molecule has 2 aromatic rings. The molecule has 0 saturated carbocycles. The predicted octanol–water partition coefficient (Wildman–Crippen LogP) is 1.96. The van der Waals surface area contributed by atoms with Crippen molar-refractivity contribution < 1.29 is 22.8 Å². The van der Waals surface area contributed by atoms with Crippen LogP contribution in [0, 0.1) is 0 Å². The highest BCUT2D eigenvalue weighted by Crippen LogP contribution is 2.28. The molecule has 8 nitrogen and oxygen atoms in total. The Bertz CT molecular complexity index is 1000. The molecule has 0 aromatic heterocycles. The third-order valence-corrected chi connectivity index (χ3v) is 6.08. The molecule has 1 atom stereocenters. The van der Waals surface area contributed by atoms with E-state index in [0.717, 1.165) is 0 Å². The topological polar surface area (TPSA) is 113 Å². The van der Waals surface area contributed by atoms with Gasteiger partial charge in [0.25, 0.3) is 10.0 Å². The molecule has 1 aliphatic heterocycles. The Labute approximate surface area is 162 Å². The van der Waals surface area contributed by atoms with E-state index in [9.17, 15) is 22.8 Å². The van der Waals surface area contributed by atoms with E-state index < -0.39 is 27.9 Å². The van der Waals surface area contributed by atoms with E-state index in [1.54, 1.807) is 42.5 Å².